The second-order valence-corrected chi connectivity index (χ2v) is 3.69. The summed E-state index contributed by atoms with van der Waals surface area (Å²) in [5.41, 5.74) is 2.56. The lowest BCUT2D eigenvalue weighted by atomic mass is 10.1. The first-order valence-electron chi connectivity index (χ1n) is 5.38. The number of benzene rings is 1. The molecule has 0 unspecified atom stereocenters. The van der Waals surface area contributed by atoms with Gasteiger partial charge in [0.25, 0.3) is 0 Å². The van der Waals surface area contributed by atoms with Crippen molar-refractivity contribution >= 4 is 17.7 Å². The lowest BCUT2D eigenvalue weighted by molar-refractivity contribution is -0.134. The van der Waals surface area contributed by atoms with Crippen LogP contribution in [0.3, 0.4) is 0 Å². The number of ether oxygens (including phenoxy) is 1. The van der Waals surface area contributed by atoms with Crippen molar-refractivity contribution in [3.8, 4) is 6.07 Å². The van der Waals surface area contributed by atoms with Gasteiger partial charge in [-0.1, -0.05) is 12.1 Å². The molecule has 4 heteroatoms. The normalized spacial score (nSPS) is 16.6. The van der Waals surface area contributed by atoms with Gasteiger partial charge >= 0.3 is 5.97 Å². The van der Waals surface area contributed by atoms with Gasteiger partial charge in [0.15, 0.2) is 0 Å². The molecule has 1 N–H and O–H groups in total. The fraction of sp³-hybridized carbons (Fsp3) is 0.231. The molecule has 0 atom stereocenters. The van der Waals surface area contributed by atoms with Crippen LogP contribution in [-0.2, 0) is 9.53 Å². The third-order valence-corrected chi connectivity index (χ3v) is 2.49. The van der Waals surface area contributed by atoms with E-state index in [1.165, 1.54) is 0 Å². The van der Waals surface area contributed by atoms with E-state index in [1.54, 1.807) is 0 Å². The van der Waals surface area contributed by atoms with Gasteiger partial charge in [0.1, 0.15) is 6.54 Å². The van der Waals surface area contributed by atoms with E-state index in [0.29, 0.717) is 18.6 Å². The maximum Gasteiger partial charge on any atom is 0.334 e. The van der Waals surface area contributed by atoms with E-state index in [9.17, 15) is 4.79 Å². The number of carbonyl (C=O) groups excluding carboxylic acids is 1. The van der Waals surface area contributed by atoms with Crippen LogP contribution in [0.4, 0.5) is 5.69 Å². The Morgan fingerprint density at radius 1 is 1.41 bits per heavy atom. The Bertz CT molecular complexity index is 483. The summed E-state index contributed by atoms with van der Waals surface area (Å²) in [6.07, 6.45) is 2.51. The number of nitrogens with zero attached hydrogens (tertiary/aromatic N) is 1. The quantitative estimate of drug-likeness (QED) is 0.488. The molecule has 17 heavy (non-hydrogen) atoms. The lowest BCUT2D eigenvalue weighted by Crippen LogP contribution is -1.97. The fourth-order valence-corrected chi connectivity index (χ4v) is 1.62. The van der Waals surface area contributed by atoms with Crippen LogP contribution in [0.5, 0.6) is 0 Å². The first kappa shape index (κ1) is 11.2. The van der Waals surface area contributed by atoms with Crippen molar-refractivity contribution in [2.24, 2.45) is 0 Å². The zero-order valence-corrected chi connectivity index (χ0v) is 9.27. The van der Waals surface area contributed by atoms with Crippen LogP contribution in [0.25, 0.3) is 6.08 Å². The Balaban J connectivity index is 2.08. The smallest absolute Gasteiger partial charge is 0.334 e. The predicted molar refractivity (Wildman–Crippen MR) is 64.1 cm³/mol. The Labute approximate surface area is 99.5 Å². The largest absolute Gasteiger partial charge is 0.462 e. The molecule has 1 heterocycles. The zero-order chi connectivity index (χ0) is 12.1. The topological polar surface area (TPSA) is 62.1 Å². The van der Waals surface area contributed by atoms with Gasteiger partial charge in [-0.15, -0.1) is 0 Å². The van der Waals surface area contributed by atoms with E-state index < -0.39 is 0 Å². The summed E-state index contributed by atoms with van der Waals surface area (Å²) in [6.45, 7) is 0.763. The highest BCUT2D eigenvalue weighted by Gasteiger charge is 2.17. The van der Waals surface area contributed by atoms with E-state index >= 15 is 0 Å². The molecule has 1 saturated heterocycles. The van der Waals surface area contributed by atoms with Crippen molar-refractivity contribution in [2.75, 3.05) is 18.5 Å². The van der Waals surface area contributed by atoms with Gasteiger partial charge in [-0.05, 0) is 23.8 Å². The molecule has 0 bridgehead atoms. The molecule has 0 aliphatic carbocycles. The Morgan fingerprint density at radius 3 is 2.76 bits per heavy atom. The summed E-state index contributed by atoms with van der Waals surface area (Å²) in [5.74, 6) is -0.225. The molecule has 0 aromatic heterocycles. The van der Waals surface area contributed by atoms with Crippen molar-refractivity contribution in [1.82, 2.24) is 0 Å². The van der Waals surface area contributed by atoms with E-state index in [-0.39, 0.29) is 12.5 Å². The zero-order valence-electron chi connectivity index (χ0n) is 9.27. The number of esters is 1. The van der Waals surface area contributed by atoms with Crippen LogP contribution in [0.1, 0.15) is 12.0 Å². The summed E-state index contributed by atoms with van der Waals surface area (Å²) in [4.78, 5) is 11.2. The second-order valence-electron chi connectivity index (χ2n) is 3.69. The number of cyclic esters (lactones) is 1. The highest BCUT2D eigenvalue weighted by molar-refractivity contribution is 5.95. The Hall–Kier alpha value is -2.28. The molecule has 0 radical (unpaired) electrons. The first-order valence-corrected chi connectivity index (χ1v) is 5.38. The van der Waals surface area contributed by atoms with Crippen molar-refractivity contribution in [3.05, 3.63) is 35.4 Å². The maximum absolute atomic E-state index is 11.2. The van der Waals surface area contributed by atoms with Crippen LogP contribution in [-0.4, -0.2) is 19.1 Å². The van der Waals surface area contributed by atoms with Gasteiger partial charge in [-0.3, -0.25) is 0 Å². The monoisotopic (exact) mass is 228 g/mol. The maximum atomic E-state index is 11.2. The van der Waals surface area contributed by atoms with Crippen LogP contribution < -0.4 is 5.32 Å². The van der Waals surface area contributed by atoms with Crippen LogP contribution in [0.2, 0.25) is 0 Å². The van der Waals surface area contributed by atoms with Crippen molar-refractivity contribution in [1.29, 1.82) is 5.26 Å². The minimum Gasteiger partial charge on any atom is -0.462 e. The van der Waals surface area contributed by atoms with Gasteiger partial charge in [0.05, 0.1) is 12.7 Å². The van der Waals surface area contributed by atoms with Crippen LogP contribution >= 0.6 is 0 Å². The van der Waals surface area contributed by atoms with Gasteiger partial charge in [0, 0.05) is 17.7 Å². The number of hydrogen-bond donors (Lipinski definition) is 1. The number of anilines is 1. The summed E-state index contributed by atoms with van der Waals surface area (Å²) in [6, 6.07) is 9.57. The molecule has 86 valence electrons. The van der Waals surface area contributed by atoms with E-state index in [1.807, 2.05) is 36.4 Å². The molecular formula is C13H12N2O2. The standard InChI is InChI=1S/C13H12N2O2/c14-6-7-15-12-3-1-10(2-4-12)9-11-5-8-17-13(11)16/h1-4,9,15H,5,7-8H2/b11-9+. The number of rotatable bonds is 3. The van der Waals surface area contributed by atoms with E-state index in [4.69, 9.17) is 10.00 Å². The molecule has 1 aliphatic heterocycles. The van der Waals surface area contributed by atoms with Crippen molar-refractivity contribution in [2.45, 2.75) is 6.42 Å². The summed E-state index contributed by atoms with van der Waals surface area (Å²) >= 11 is 0. The number of carbonyl (C=O) groups is 1. The summed E-state index contributed by atoms with van der Waals surface area (Å²) in [7, 11) is 0. The highest BCUT2D eigenvalue weighted by atomic mass is 16.5. The molecular weight excluding hydrogens is 216 g/mol. The van der Waals surface area contributed by atoms with Gasteiger partial charge < -0.3 is 10.1 Å². The van der Waals surface area contributed by atoms with Crippen LogP contribution in [0, 0.1) is 11.3 Å². The lowest BCUT2D eigenvalue weighted by Gasteiger charge is -2.01. The van der Waals surface area contributed by atoms with Gasteiger partial charge in [-0.25, -0.2) is 4.79 Å². The molecule has 0 amide bonds. The van der Waals surface area contributed by atoms with Crippen LogP contribution in [0.15, 0.2) is 29.8 Å². The third-order valence-electron chi connectivity index (χ3n) is 2.49. The Kier molecular flexibility index (Phi) is 3.41. The SMILES string of the molecule is N#CCNc1ccc(/C=C2\CCOC2=O)cc1. The average Bonchev–Trinajstić information content (AvgIpc) is 2.74. The van der Waals surface area contributed by atoms with E-state index in [0.717, 1.165) is 11.3 Å². The summed E-state index contributed by atoms with van der Waals surface area (Å²) < 4.78 is 4.86. The van der Waals surface area contributed by atoms with Gasteiger partial charge in [0.2, 0.25) is 0 Å². The van der Waals surface area contributed by atoms with E-state index in [2.05, 4.69) is 5.32 Å². The molecule has 1 aliphatic rings. The molecule has 0 saturated carbocycles. The highest BCUT2D eigenvalue weighted by Crippen LogP contribution is 2.18. The molecule has 4 nitrogen and oxygen atoms in total. The molecule has 1 aromatic rings. The fourth-order valence-electron chi connectivity index (χ4n) is 1.62. The third kappa shape index (κ3) is 2.85. The minimum absolute atomic E-state index is 0.225. The molecule has 2 rings (SSSR count). The van der Waals surface area contributed by atoms with Gasteiger partial charge in [-0.2, -0.15) is 5.26 Å². The predicted octanol–water partition coefficient (Wildman–Crippen LogP) is 1.95. The number of nitrogens with one attached hydrogen (secondary N) is 1. The molecule has 1 aromatic carbocycles. The number of nitriles is 1. The molecule has 1 fully saturated rings. The van der Waals surface area contributed by atoms with Crippen molar-refractivity contribution < 1.29 is 9.53 Å². The Morgan fingerprint density at radius 2 is 2.18 bits per heavy atom. The van der Waals surface area contributed by atoms with Crippen molar-refractivity contribution in [3.63, 3.8) is 0 Å². The average molecular weight is 228 g/mol. The number of hydrogen-bond acceptors (Lipinski definition) is 4. The molecule has 0 spiro atoms. The second kappa shape index (κ2) is 5.17. The first-order chi connectivity index (χ1) is 8.29. The minimum atomic E-state index is -0.225. The summed E-state index contributed by atoms with van der Waals surface area (Å²) in [5, 5.41) is 11.4.